The molecule has 0 spiro atoms. The van der Waals surface area contributed by atoms with Gasteiger partial charge in [-0.25, -0.2) is 0 Å². The van der Waals surface area contributed by atoms with E-state index in [4.69, 9.17) is 14.2 Å². The van der Waals surface area contributed by atoms with Crippen LogP contribution in [-0.2, 0) is 0 Å². The van der Waals surface area contributed by atoms with E-state index in [1.165, 1.54) is 0 Å². The van der Waals surface area contributed by atoms with Crippen LogP contribution in [0.1, 0.15) is 5.56 Å². The Labute approximate surface area is 82.9 Å². The molecule has 0 radical (unpaired) electrons. The smallest absolute Gasteiger partial charge is 0.134 e. The standard InChI is InChI=1S/C11H12O3/c1-12-8-6-10(13-2)9-4-3-5-14-11(9)7-8/h3-4,6-7H,5H2,1-2H3. The normalized spacial score (nSPS) is 13.0. The zero-order valence-corrected chi connectivity index (χ0v) is 8.24. The molecule has 2 rings (SSSR count). The fraction of sp³-hybridized carbons (Fsp3) is 0.273. The van der Waals surface area contributed by atoms with Crippen molar-refractivity contribution in [3.63, 3.8) is 0 Å². The Kier molecular flexibility index (Phi) is 2.31. The van der Waals surface area contributed by atoms with Gasteiger partial charge in [-0.1, -0.05) is 0 Å². The van der Waals surface area contributed by atoms with Gasteiger partial charge in [0, 0.05) is 12.1 Å². The van der Waals surface area contributed by atoms with Gasteiger partial charge in [-0.05, 0) is 12.2 Å². The first kappa shape index (κ1) is 8.94. The number of methoxy groups -OCH3 is 2. The van der Waals surface area contributed by atoms with Gasteiger partial charge in [0.1, 0.15) is 23.9 Å². The summed E-state index contributed by atoms with van der Waals surface area (Å²) in [4.78, 5) is 0. The Morgan fingerprint density at radius 1 is 1.21 bits per heavy atom. The number of hydrogen-bond acceptors (Lipinski definition) is 3. The van der Waals surface area contributed by atoms with E-state index >= 15 is 0 Å². The molecule has 1 aromatic carbocycles. The monoisotopic (exact) mass is 192 g/mol. The Hall–Kier alpha value is -1.64. The third-order valence-electron chi connectivity index (χ3n) is 2.15. The molecule has 1 aromatic rings. The second kappa shape index (κ2) is 3.62. The topological polar surface area (TPSA) is 27.7 Å². The molecule has 1 aliphatic heterocycles. The summed E-state index contributed by atoms with van der Waals surface area (Å²) >= 11 is 0. The van der Waals surface area contributed by atoms with Crippen molar-refractivity contribution in [3.05, 3.63) is 23.8 Å². The van der Waals surface area contributed by atoms with Gasteiger partial charge in [0.25, 0.3) is 0 Å². The lowest BCUT2D eigenvalue weighted by molar-refractivity contribution is 0.343. The molecule has 1 aliphatic rings. The van der Waals surface area contributed by atoms with E-state index in [-0.39, 0.29) is 0 Å². The highest BCUT2D eigenvalue weighted by atomic mass is 16.5. The van der Waals surface area contributed by atoms with E-state index in [9.17, 15) is 0 Å². The van der Waals surface area contributed by atoms with Gasteiger partial charge in [-0.2, -0.15) is 0 Å². The quantitative estimate of drug-likeness (QED) is 0.718. The molecule has 0 amide bonds. The summed E-state index contributed by atoms with van der Waals surface area (Å²) in [6.45, 7) is 0.601. The minimum absolute atomic E-state index is 0.601. The van der Waals surface area contributed by atoms with Crippen molar-refractivity contribution in [2.75, 3.05) is 20.8 Å². The number of benzene rings is 1. The Balaban J connectivity index is 2.54. The fourth-order valence-electron chi connectivity index (χ4n) is 1.45. The van der Waals surface area contributed by atoms with Gasteiger partial charge in [0.05, 0.1) is 19.8 Å². The molecule has 0 aliphatic carbocycles. The minimum Gasteiger partial charge on any atom is -0.496 e. The van der Waals surface area contributed by atoms with Gasteiger partial charge in [0.15, 0.2) is 0 Å². The summed E-state index contributed by atoms with van der Waals surface area (Å²) in [6, 6.07) is 3.71. The summed E-state index contributed by atoms with van der Waals surface area (Å²) < 4.78 is 15.8. The molecule has 14 heavy (non-hydrogen) atoms. The summed E-state index contributed by atoms with van der Waals surface area (Å²) in [5, 5.41) is 0. The lowest BCUT2D eigenvalue weighted by Crippen LogP contribution is -2.02. The molecule has 3 nitrogen and oxygen atoms in total. The molecule has 74 valence electrons. The molecule has 1 heterocycles. The Bertz CT molecular complexity index is 369. The molecule has 0 unspecified atom stereocenters. The van der Waals surface area contributed by atoms with Gasteiger partial charge in [-0.15, -0.1) is 0 Å². The molecule has 0 aromatic heterocycles. The summed E-state index contributed by atoms with van der Waals surface area (Å²) in [5.74, 6) is 2.33. The maximum absolute atomic E-state index is 5.46. The Morgan fingerprint density at radius 2 is 2.07 bits per heavy atom. The lowest BCUT2D eigenvalue weighted by atomic mass is 10.1. The molecule has 0 saturated heterocycles. The van der Waals surface area contributed by atoms with E-state index in [0.717, 1.165) is 22.8 Å². The maximum Gasteiger partial charge on any atom is 0.134 e. The van der Waals surface area contributed by atoms with Crippen LogP contribution in [0.25, 0.3) is 6.08 Å². The van der Waals surface area contributed by atoms with E-state index in [1.807, 2.05) is 24.3 Å². The Morgan fingerprint density at radius 3 is 2.79 bits per heavy atom. The molecule has 3 heteroatoms. The van der Waals surface area contributed by atoms with Crippen molar-refractivity contribution in [2.24, 2.45) is 0 Å². The first-order chi connectivity index (χ1) is 6.85. The average molecular weight is 192 g/mol. The highest BCUT2D eigenvalue weighted by Gasteiger charge is 2.13. The molecule has 0 atom stereocenters. The van der Waals surface area contributed by atoms with Crippen molar-refractivity contribution >= 4 is 6.08 Å². The van der Waals surface area contributed by atoms with Crippen molar-refractivity contribution in [3.8, 4) is 17.2 Å². The van der Waals surface area contributed by atoms with E-state index in [0.29, 0.717) is 6.61 Å². The maximum atomic E-state index is 5.46. The predicted molar refractivity (Wildman–Crippen MR) is 54.1 cm³/mol. The van der Waals surface area contributed by atoms with Gasteiger partial charge < -0.3 is 14.2 Å². The van der Waals surface area contributed by atoms with Crippen LogP contribution in [-0.4, -0.2) is 20.8 Å². The van der Waals surface area contributed by atoms with E-state index < -0.39 is 0 Å². The molecular formula is C11H12O3. The zero-order valence-electron chi connectivity index (χ0n) is 8.24. The van der Waals surface area contributed by atoms with Crippen LogP contribution in [0.4, 0.5) is 0 Å². The van der Waals surface area contributed by atoms with Crippen molar-refractivity contribution in [1.29, 1.82) is 0 Å². The fourth-order valence-corrected chi connectivity index (χ4v) is 1.45. The minimum atomic E-state index is 0.601. The van der Waals surface area contributed by atoms with Crippen LogP contribution < -0.4 is 14.2 Å². The van der Waals surface area contributed by atoms with Crippen LogP contribution >= 0.6 is 0 Å². The third kappa shape index (κ3) is 1.41. The van der Waals surface area contributed by atoms with Crippen LogP contribution in [0.15, 0.2) is 18.2 Å². The van der Waals surface area contributed by atoms with Crippen LogP contribution in [0, 0.1) is 0 Å². The highest BCUT2D eigenvalue weighted by Crippen LogP contribution is 2.36. The van der Waals surface area contributed by atoms with Crippen LogP contribution in [0.3, 0.4) is 0 Å². The van der Waals surface area contributed by atoms with E-state index in [1.54, 1.807) is 14.2 Å². The summed E-state index contributed by atoms with van der Waals surface area (Å²) in [5.41, 5.74) is 0.972. The second-order valence-electron chi connectivity index (χ2n) is 2.95. The molecule has 0 bridgehead atoms. The van der Waals surface area contributed by atoms with Gasteiger partial charge in [-0.3, -0.25) is 0 Å². The number of ether oxygens (including phenoxy) is 3. The van der Waals surface area contributed by atoms with Gasteiger partial charge >= 0.3 is 0 Å². The van der Waals surface area contributed by atoms with Gasteiger partial charge in [0.2, 0.25) is 0 Å². The summed E-state index contributed by atoms with van der Waals surface area (Å²) in [7, 11) is 3.26. The predicted octanol–water partition coefficient (Wildman–Crippen LogP) is 2.11. The molecule has 0 fully saturated rings. The van der Waals surface area contributed by atoms with E-state index in [2.05, 4.69) is 0 Å². The second-order valence-corrected chi connectivity index (χ2v) is 2.95. The molecule has 0 N–H and O–H groups in total. The molecule has 0 saturated carbocycles. The van der Waals surface area contributed by atoms with Crippen molar-refractivity contribution in [1.82, 2.24) is 0 Å². The number of rotatable bonds is 2. The first-order valence-electron chi connectivity index (χ1n) is 4.40. The van der Waals surface area contributed by atoms with Crippen molar-refractivity contribution < 1.29 is 14.2 Å². The molecular weight excluding hydrogens is 180 g/mol. The summed E-state index contributed by atoms with van der Waals surface area (Å²) in [6.07, 6.45) is 3.95. The highest BCUT2D eigenvalue weighted by molar-refractivity contribution is 5.67. The number of fused-ring (bicyclic) bond motifs is 1. The van der Waals surface area contributed by atoms with Crippen molar-refractivity contribution in [2.45, 2.75) is 0 Å². The lowest BCUT2D eigenvalue weighted by Gasteiger charge is -2.16. The zero-order chi connectivity index (χ0) is 9.97. The first-order valence-corrected chi connectivity index (χ1v) is 4.40. The van der Waals surface area contributed by atoms with Crippen LogP contribution in [0.2, 0.25) is 0 Å². The average Bonchev–Trinajstić information content (AvgIpc) is 2.27. The SMILES string of the molecule is COc1cc(OC)c2c(c1)OCC=C2. The van der Waals surface area contributed by atoms with Crippen LogP contribution in [0.5, 0.6) is 17.2 Å². The largest absolute Gasteiger partial charge is 0.496 e. The number of hydrogen-bond donors (Lipinski definition) is 0. The third-order valence-corrected chi connectivity index (χ3v) is 2.15.